The van der Waals surface area contributed by atoms with E-state index in [1.54, 1.807) is 0 Å². The Bertz CT molecular complexity index is 1200. The van der Waals surface area contributed by atoms with Gasteiger partial charge in [0.05, 0.1) is 12.6 Å². The van der Waals surface area contributed by atoms with Gasteiger partial charge in [0, 0.05) is 57.8 Å². The first kappa shape index (κ1) is 27.3. The summed E-state index contributed by atoms with van der Waals surface area (Å²) in [5.41, 5.74) is 4.82. The molecule has 6 rings (SSSR count). The topological polar surface area (TPSA) is 65.1 Å². The summed E-state index contributed by atoms with van der Waals surface area (Å²) in [7, 11) is 0. The Morgan fingerprint density at radius 1 is 1.02 bits per heavy atom. The van der Waals surface area contributed by atoms with E-state index in [9.17, 15) is 9.59 Å². The Labute approximate surface area is 238 Å². The van der Waals surface area contributed by atoms with Crippen molar-refractivity contribution in [2.75, 3.05) is 39.3 Å². The zero-order valence-electron chi connectivity index (χ0n) is 23.9. The Hall–Kier alpha value is -2.90. The van der Waals surface area contributed by atoms with Gasteiger partial charge in [0.1, 0.15) is 5.75 Å². The van der Waals surface area contributed by atoms with Crippen molar-refractivity contribution in [3.8, 4) is 5.75 Å². The minimum Gasteiger partial charge on any atom is -0.493 e. The third-order valence-corrected chi connectivity index (χ3v) is 9.32. The van der Waals surface area contributed by atoms with Gasteiger partial charge in [-0.3, -0.25) is 14.5 Å². The van der Waals surface area contributed by atoms with Crippen LogP contribution in [0, 0.1) is 12.8 Å². The van der Waals surface area contributed by atoms with E-state index in [2.05, 4.69) is 64.5 Å². The molecule has 7 heteroatoms. The number of likely N-dealkylation sites (tertiary alicyclic amines) is 1. The van der Waals surface area contributed by atoms with Gasteiger partial charge in [0.15, 0.2) is 0 Å². The summed E-state index contributed by atoms with van der Waals surface area (Å²) in [6, 6.07) is 14.9. The predicted molar refractivity (Wildman–Crippen MR) is 156 cm³/mol. The van der Waals surface area contributed by atoms with Crippen molar-refractivity contribution in [1.82, 2.24) is 20.0 Å². The Balaban J connectivity index is 1.27. The summed E-state index contributed by atoms with van der Waals surface area (Å²) >= 11 is 0. The first-order valence-electron chi connectivity index (χ1n) is 15.4. The first-order valence-corrected chi connectivity index (χ1v) is 15.4. The second kappa shape index (κ2) is 12.3. The maximum Gasteiger partial charge on any atom is 0.240 e. The minimum atomic E-state index is -0.226. The molecule has 1 aliphatic carbocycles. The Morgan fingerprint density at radius 2 is 1.85 bits per heavy atom. The maximum atomic E-state index is 14.0. The van der Waals surface area contributed by atoms with Gasteiger partial charge in [0.25, 0.3) is 0 Å². The van der Waals surface area contributed by atoms with Gasteiger partial charge < -0.3 is 19.9 Å². The molecular formula is C33H44N4O3. The van der Waals surface area contributed by atoms with Crippen LogP contribution in [0.1, 0.15) is 60.8 Å². The number of ether oxygens (including phenoxy) is 1. The van der Waals surface area contributed by atoms with Crippen molar-refractivity contribution >= 4 is 11.8 Å². The normalized spacial score (nSPS) is 23.6. The van der Waals surface area contributed by atoms with Crippen molar-refractivity contribution in [2.24, 2.45) is 5.92 Å². The van der Waals surface area contributed by atoms with Crippen molar-refractivity contribution < 1.29 is 14.3 Å². The lowest BCUT2D eigenvalue weighted by atomic mass is 10.0. The molecule has 2 aromatic rings. The van der Waals surface area contributed by atoms with Crippen molar-refractivity contribution in [1.29, 1.82) is 0 Å². The number of amides is 2. The molecule has 3 fully saturated rings. The number of carbonyl (C=O) groups excluding carboxylic acids is 2. The van der Waals surface area contributed by atoms with E-state index < -0.39 is 0 Å². The molecule has 2 amide bonds. The number of hydrogen-bond acceptors (Lipinski definition) is 5. The summed E-state index contributed by atoms with van der Waals surface area (Å²) in [6.45, 7) is 8.04. The molecule has 3 heterocycles. The summed E-state index contributed by atoms with van der Waals surface area (Å²) in [4.78, 5) is 34.5. The fraction of sp³-hybridized carbons (Fsp3) is 0.576. The monoisotopic (exact) mass is 544 g/mol. The molecule has 214 valence electrons. The van der Waals surface area contributed by atoms with Gasteiger partial charge in [-0.05, 0) is 61.8 Å². The predicted octanol–water partition coefficient (Wildman–Crippen LogP) is 3.91. The van der Waals surface area contributed by atoms with E-state index >= 15 is 0 Å². The van der Waals surface area contributed by atoms with Crippen molar-refractivity contribution in [2.45, 2.75) is 77.0 Å². The number of rotatable bonds is 7. The van der Waals surface area contributed by atoms with E-state index in [-0.39, 0.29) is 29.8 Å². The second-order valence-corrected chi connectivity index (χ2v) is 12.2. The average molecular weight is 545 g/mol. The number of fused-ring (bicyclic) bond motifs is 1. The molecule has 4 aliphatic rings. The zero-order valence-corrected chi connectivity index (χ0v) is 23.9. The van der Waals surface area contributed by atoms with Gasteiger partial charge in [-0.1, -0.05) is 54.8 Å². The number of hydrogen-bond donors (Lipinski definition) is 1. The SMILES string of the molecule is Cc1cccc(CN(C(=O)C2CCCC2)C2CC(C(=O)N3CCNCC3)N(Cc3ccc4c(c3)OCCC4)C2)c1. The van der Waals surface area contributed by atoms with Crippen LogP contribution in [0.25, 0.3) is 0 Å². The van der Waals surface area contributed by atoms with Gasteiger partial charge in [0.2, 0.25) is 11.8 Å². The fourth-order valence-corrected chi connectivity index (χ4v) is 7.15. The Morgan fingerprint density at radius 3 is 2.65 bits per heavy atom. The van der Waals surface area contributed by atoms with E-state index in [1.165, 1.54) is 22.3 Å². The van der Waals surface area contributed by atoms with E-state index in [1.807, 2.05) is 4.90 Å². The molecule has 1 saturated carbocycles. The highest BCUT2D eigenvalue weighted by Gasteiger charge is 2.43. The van der Waals surface area contributed by atoms with Crippen LogP contribution < -0.4 is 10.1 Å². The number of carbonyl (C=O) groups is 2. The summed E-state index contributed by atoms with van der Waals surface area (Å²) < 4.78 is 5.97. The molecule has 2 aromatic carbocycles. The molecule has 0 bridgehead atoms. The quantitative estimate of drug-likeness (QED) is 0.573. The van der Waals surface area contributed by atoms with Crippen LogP contribution in [0.3, 0.4) is 0 Å². The number of aryl methyl sites for hydroxylation is 2. The lowest BCUT2D eigenvalue weighted by Gasteiger charge is -2.33. The summed E-state index contributed by atoms with van der Waals surface area (Å²) in [5, 5.41) is 3.37. The second-order valence-electron chi connectivity index (χ2n) is 12.2. The fourth-order valence-electron chi connectivity index (χ4n) is 7.15. The molecule has 0 aromatic heterocycles. The van der Waals surface area contributed by atoms with E-state index in [0.29, 0.717) is 26.1 Å². The zero-order chi connectivity index (χ0) is 27.5. The lowest BCUT2D eigenvalue weighted by molar-refractivity contribution is -0.139. The standard InChI is InChI=1S/C33H44N4O3/c1-24-6-4-7-25(18-24)22-37(32(38)28-8-2-3-9-28)29-20-30(33(39)35-15-13-34-14-16-35)36(23-29)21-26-11-12-27-10-5-17-40-31(27)19-26/h4,6-7,11-12,18-19,28-30,34H,2-3,5,8-10,13-17,20-23H2,1H3. The van der Waals surface area contributed by atoms with Crippen LogP contribution in [0.4, 0.5) is 0 Å². The molecule has 2 saturated heterocycles. The van der Waals surface area contributed by atoms with Gasteiger partial charge >= 0.3 is 0 Å². The van der Waals surface area contributed by atoms with E-state index in [4.69, 9.17) is 4.74 Å². The smallest absolute Gasteiger partial charge is 0.240 e. The third kappa shape index (κ3) is 6.06. The van der Waals surface area contributed by atoms with Crippen LogP contribution in [-0.4, -0.2) is 77.9 Å². The minimum absolute atomic E-state index is 0.0133. The van der Waals surface area contributed by atoms with Gasteiger partial charge in [-0.2, -0.15) is 0 Å². The molecule has 0 radical (unpaired) electrons. The van der Waals surface area contributed by atoms with Crippen LogP contribution >= 0.6 is 0 Å². The first-order chi connectivity index (χ1) is 19.5. The average Bonchev–Trinajstić information content (AvgIpc) is 3.67. The number of nitrogens with zero attached hydrogens (tertiary/aromatic N) is 3. The molecule has 0 spiro atoms. The van der Waals surface area contributed by atoms with Crippen LogP contribution in [0.5, 0.6) is 5.75 Å². The highest BCUT2D eigenvalue weighted by atomic mass is 16.5. The molecular weight excluding hydrogens is 500 g/mol. The van der Waals surface area contributed by atoms with Crippen LogP contribution in [0.2, 0.25) is 0 Å². The molecule has 7 nitrogen and oxygen atoms in total. The Kier molecular flexibility index (Phi) is 8.40. The summed E-state index contributed by atoms with van der Waals surface area (Å²) in [6.07, 6.45) is 7.05. The largest absolute Gasteiger partial charge is 0.493 e. The highest BCUT2D eigenvalue weighted by Crippen LogP contribution is 2.33. The number of benzene rings is 2. The maximum absolute atomic E-state index is 14.0. The van der Waals surface area contributed by atoms with Crippen molar-refractivity contribution in [3.05, 3.63) is 64.7 Å². The number of piperazine rings is 1. The van der Waals surface area contributed by atoms with E-state index in [0.717, 1.165) is 77.1 Å². The van der Waals surface area contributed by atoms with Crippen molar-refractivity contribution in [3.63, 3.8) is 0 Å². The van der Waals surface area contributed by atoms with Gasteiger partial charge in [-0.15, -0.1) is 0 Å². The van der Waals surface area contributed by atoms with Crippen LogP contribution in [0.15, 0.2) is 42.5 Å². The molecule has 2 atom stereocenters. The van der Waals surface area contributed by atoms with Gasteiger partial charge in [-0.25, -0.2) is 0 Å². The third-order valence-electron chi connectivity index (χ3n) is 9.32. The molecule has 2 unspecified atom stereocenters. The lowest BCUT2D eigenvalue weighted by Crippen LogP contribution is -2.52. The molecule has 40 heavy (non-hydrogen) atoms. The van der Waals surface area contributed by atoms with Crippen LogP contribution in [-0.2, 0) is 29.1 Å². The molecule has 1 N–H and O–H groups in total. The number of nitrogens with one attached hydrogen (secondary N) is 1. The highest BCUT2D eigenvalue weighted by molar-refractivity contribution is 5.83. The summed E-state index contributed by atoms with van der Waals surface area (Å²) in [5.74, 6) is 1.59. The molecule has 3 aliphatic heterocycles.